The maximum atomic E-state index is 6.01. The zero-order chi connectivity index (χ0) is 13.8. The molecule has 0 spiro atoms. The molecule has 2 N–H and O–H groups in total. The van der Waals surface area contributed by atoms with Gasteiger partial charge in [-0.05, 0) is 24.8 Å². The van der Waals surface area contributed by atoms with E-state index >= 15 is 0 Å². The summed E-state index contributed by atoms with van der Waals surface area (Å²) < 4.78 is 5.43. The summed E-state index contributed by atoms with van der Waals surface area (Å²) in [4.78, 5) is 4.53. The minimum Gasteiger partial charge on any atom is -0.339 e. The van der Waals surface area contributed by atoms with Gasteiger partial charge in [0, 0.05) is 12.0 Å². The van der Waals surface area contributed by atoms with Gasteiger partial charge in [-0.2, -0.15) is 4.98 Å². The first kappa shape index (κ1) is 13.3. The maximum Gasteiger partial charge on any atom is 0.227 e. The minimum atomic E-state index is 0.165. The van der Waals surface area contributed by atoms with Crippen molar-refractivity contribution in [1.29, 1.82) is 0 Å². The van der Waals surface area contributed by atoms with Crippen LogP contribution in [0, 0.1) is 5.41 Å². The second-order valence-electron chi connectivity index (χ2n) is 5.82. The van der Waals surface area contributed by atoms with E-state index in [1.165, 1.54) is 32.1 Å². The summed E-state index contributed by atoms with van der Waals surface area (Å²) >= 11 is 0. The standard InChI is InChI=1S/C16H21N3O/c17-12-16(9-5-2-6-10-16)11-14-18-15(19-20-14)13-7-3-1-4-8-13/h1,3-4,7-8H,2,5-6,9-12,17H2. The number of aromatic nitrogens is 2. The Labute approximate surface area is 119 Å². The van der Waals surface area contributed by atoms with Gasteiger partial charge in [-0.25, -0.2) is 0 Å². The molecule has 0 bridgehead atoms. The summed E-state index contributed by atoms with van der Waals surface area (Å²) in [5.74, 6) is 1.39. The van der Waals surface area contributed by atoms with E-state index in [0.717, 1.165) is 17.9 Å². The Bertz CT molecular complexity index is 544. The number of hydrogen-bond acceptors (Lipinski definition) is 4. The molecule has 1 saturated carbocycles. The SMILES string of the molecule is NCC1(Cc2nc(-c3ccccc3)no2)CCCCC1. The molecule has 1 aliphatic carbocycles. The average Bonchev–Trinajstić information content (AvgIpc) is 2.97. The van der Waals surface area contributed by atoms with E-state index in [2.05, 4.69) is 10.1 Å². The summed E-state index contributed by atoms with van der Waals surface area (Å²) in [5, 5.41) is 4.09. The summed E-state index contributed by atoms with van der Waals surface area (Å²) in [6, 6.07) is 9.93. The smallest absolute Gasteiger partial charge is 0.227 e. The molecule has 3 rings (SSSR count). The second kappa shape index (κ2) is 5.75. The number of nitrogens with zero attached hydrogens (tertiary/aromatic N) is 2. The third-order valence-electron chi connectivity index (χ3n) is 4.37. The molecule has 2 aromatic rings. The highest BCUT2D eigenvalue weighted by Crippen LogP contribution is 2.38. The van der Waals surface area contributed by atoms with Crippen LogP contribution < -0.4 is 5.73 Å². The third kappa shape index (κ3) is 2.75. The van der Waals surface area contributed by atoms with E-state index in [0.29, 0.717) is 12.4 Å². The van der Waals surface area contributed by atoms with Crippen LogP contribution in [0.1, 0.15) is 38.0 Å². The number of benzene rings is 1. The van der Waals surface area contributed by atoms with Gasteiger partial charge in [-0.15, -0.1) is 0 Å². The molecule has 0 unspecified atom stereocenters. The van der Waals surface area contributed by atoms with Gasteiger partial charge in [0.05, 0.1) is 0 Å². The number of rotatable bonds is 4. The molecule has 0 radical (unpaired) electrons. The quantitative estimate of drug-likeness (QED) is 0.927. The Morgan fingerprint density at radius 3 is 2.55 bits per heavy atom. The lowest BCUT2D eigenvalue weighted by atomic mass is 9.72. The lowest BCUT2D eigenvalue weighted by Gasteiger charge is -2.34. The highest BCUT2D eigenvalue weighted by molar-refractivity contribution is 5.53. The Hall–Kier alpha value is -1.68. The van der Waals surface area contributed by atoms with E-state index < -0.39 is 0 Å². The topological polar surface area (TPSA) is 64.9 Å². The van der Waals surface area contributed by atoms with Crippen LogP contribution in [-0.4, -0.2) is 16.7 Å². The molecule has 20 heavy (non-hydrogen) atoms. The fraction of sp³-hybridized carbons (Fsp3) is 0.500. The van der Waals surface area contributed by atoms with Crippen LogP contribution >= 0.6 is 0 Å². The fourth-order valence-electron chi connectivity index (χ4n) is 3.11. The van der Waals surface area contributed by atoms with Crippen molar-refractivity contribution >= 4 is 0 Å². The minimum absolute atomic E-state index is 0.165. The molecule has 0 saturated heterocycles. The zero-order valence-electron chi connectivity index (χ0n) is 11.7. The normalized spacial score (nSPS) is 18.1. The van der Waals surface area contributed by atoms with Crippen molar-refractivity contribution in [2.24, 2.45) is 11.1 Å². The van der Waals surface area contributed by atoms with Crippen LogP contribution in [0.2, 0.25) is 0 Å². The third-order valence-corrected chi connectivity index (χ3v) is 4.37. The molecule has 1 aromatic heterocycles. The summed E-state index contributed by atoms with van der Waals surface area (Å²) in [5.41, 5.74) is 7.17. The van der Waals surface area contributed by atoms with Crippen molar-refractivity contribution < 1.29 is 4.52 Å². The largest absolute Gasteiger partial charge is 0.339 e. The van der Waals surface area contributed by atoms with E-state index in [1.807, 2.05) is 30.3 Å². The highest BCUT2D eigenvalue weighted by atomic mass is 16.5. The van der Waals surface area contributed by atoms with Crippen molar-refractivity contribution in [1.82, 2.24) is 10.1 Å². The predicted octanol–water partition coefficient (Wildman–Crippen LogP) is 3.19. The molecular formula is C16H21N3O. The number of nitrogens with two attached hydrogens (primary N) is 1. The molecule has 1 aromatic carbocycles. The monoisotopic (exact) mass is 271 g/mol. The van der Waals surface area contributed by atoms with Crippen molar-refractivity contribution in [3.05, 3.63) is 36.2 Å². The van der Waals surface area contributed by atoms with Crippen molar-refractivity contribution in [2.45, 2.75) is 38.5 Å². The lowest BCUT2D eigenvalue weighted by Crippen LogP contribution is -2.35. The first-order valence-electron chi connectivity index (χ1n) is 7.39. The van der Waals surface area contributed by atoms with Gasteiger partial charge >= 0.3 is 0 Å². The maximum absolute atomic E-state index is 6.01. The van der Waals surface area contributed by atoms with E-state index in [4.69, 9.17) is 10.3 Å². The summed E-state index contributed by atoms with van der Waals surface area (Å²) in [6.07, 6.45) is 7.00. The van der Waals surface area contributed by atoms with E-state index in [-0.39, 0.29) is 5.41 Å². The van der Waals surface area contributed by atoms with Crippen molar-refractivity contribution in [2.75, 3.05) is 6.54 Å². The Morgan fingerprint density at radius 2 is 1.85 bits per heavy atom. The highest BCUT2D eigenvalue weighted by Gasteiger charge is 2.32. The molecule has 0 aliphatic heterocycles. The molecule has 1 heterocycles. The molecule has 1 aliphatic rings. The predicted molar refractivity (Wildman–Crippen MR) is 78.0 cm³/mol. The Kier molecular flexibility index (Phi) is 3.83. The first-order chi connectivity index (χ1) is 9.81. The first-order valence-corrected chi connectivity index (χ1v) is 7.39. The fourth-order valence-corrected chi connectivity index (χ4v) is 3.11. The van der Waals surface area contributed by atoms with E-state index in [1.54, 1.807) is 0 Å². The van der Waals surface area contributed by atoms with Crippen LogP contribution in [0.5, 0.6) is 0 Å². The molecule has 4 nitrogen and oxygen atoms in total. The summed E-state index contributed by atoms with van der Waals surface area (Å²) in [6.45, 7) is 0.704. The second-order valence-corrected chi connectivity index (χ2v) is 5.82. The van der Waals surface area contributed by atoms with Gasteiger partial charge in [-0.3, -0.25) is 0 Å². The Morgan fingerprint density at radius 1 is 1.10 bits per heavy atom. The lowest BCUT2D eigenvalue weighted by molar-refractivity contribution is 0.177. The van der Waals surface area contributed by atoms with Gasteiger partial charge < -0.3 is 10.3 Å². The molecule has 4 heteroatoms. The van der Waals surface area contributed by atoms with E-state index in [9.17, 15) is 0 Å². The molecule has 106 valence electrons. The van der Waals surface area contributed by atoms with Crippen LogP contribution in [0.3, 0.4) is 0 Å². The van der Waals surface area contributed by atoms with Crippen LogP contribution in [0.25, 0.3) is 11.4 Å². The van der Waals surface area contributed by atoms with Gasteiger partial charge in [-0.1, -0.05) is 54.8 Å². The summed E-state index contributed by atoms with van der Waals surface area (Å²) in [7, 11) is 0. The van der Waals surface area contributed by atoms with Gasteiger partial charge in [0.15, 0.2) is 0 Å². The van der Waals surface area contributed by atoms with Crippen LogP contribution in [0.4, 0.5) is 0 Å². The van der Waals surface area contributed by atoms with Crippen LogP contribution in [-0.2, 0) is 6.42 Å². The number of hydrogen-bond donors (Lipinski definition) is 1. The van der Waals surface area contributed by atoms with Crippen molar-refractivity contribution in [3.63, 3.8) is 0 Å². The van der Waals surface area contributed by atoms with Gasteiger partial charge in [0.25, 0.3) is 0 Å². The van der Waals surface area contributed by atoms with Crippen molar-refractivity contribution in [3.8, 4) is 11.4 Å². The van der Waals surface area contributed by atoms with Gasteiger partial charge in [0.1, 0.15) is 0 Å². The Balaban J connectivity index is 1.77. The van der Waals surface area contributed by atoms with Crippen LogP contribution in [0.15, 0.2) is 34.9 Å². The molecule has 0 atom stereocenters. The average molecular weight is 271 g/mol. The zero-order valence-corrected chi connectivity index (χ0v) is 11.7. The molecular weight excluding hydrogens is 250 g/mol. The molecule has 1 fully saturated rings. The molecule has 0 amide bonds. The van der Waals surface area contributed by atoms with Gasteiger partial charge in [0.2, 0.25) is 11.7 Å².